The van der Waals surface area contributed by atoms with Crippen LogP contribution in [0.4, 0.5) is 0 Å². The average Bonchev–Trinajstić information content (AvgIpc) is 3.40. The van der Waals surface area contributed by atoms with E-state index in [0.717, 1.165) is 28.3 Å². The van der Waals surface area contributed by atoms with Crippen molar-refractivity contribution in [3.63, 3.8) is 0 Å². The van der Waals surface area contributed by atoms with E-state index in [2.05, 4.69) is 67.0 Å². The first-order chi connectivity index (χ1) is 14.6. The first-order valence-electron chi connectivity index (χ1n) is 9.51. The van der Waals surface area contributed by atoms with Gasteiger partial charge in [0, 0.05) is 15.6 Å². The summed E-state index contributed by atoms with van der Waals surface area (Å²) in [5.41, 5.74) is 7.69. The second kappa shape index (κ2) is 7.42. The van der Waals surface area contributed by atoms with Crippen molar-refractivity contribution in [3.8, 4) is 17.0 Å². The average molecular weight is 461 g/mol. The summed E-state index contributed by atoms with van der Waals surface area (Å²) in [6.07, 6.45) is 3.52. The van der Waals surface area contributed by atoms with Crippen molar-refractivity contribution in [2.24, 2.45) is 5.10 Å². The molecule has 3 aromatic carbocycles. The Morgan fingerprint density at radius 3 is 2.83 bits per heavy atom. The normalized spacial score (nSPS) is 12.7. The minimum Gasteiger partial charge on any atom is -0.507 e. The largest absolute Gasteiger partial charge is 0.507 e. The molecule has 3 N–H and O–H groups in total. The van der Waals surface area contributed by atoms with Gasteiger partial charge in [-0.2, -0.15) is 10.2 Å². The van der Waals surface area contributed by atoms with Crippen LogP contribution in [0, 0.1) is 0 Å². The van der Waals surface area contributed by atoms with Gasteiger partial charge in [0.15, 0.2) is 0 Å². The summed E-state index contributed by atoms with van der Waals surface area (Å²) >= 11 is 3.34. The Hall–Kier alpha value is -3.45. The Bertz CT molecular complexity index is 1320. The van der Waals surface area contributed by atoms with Crippen molar-refractivity contribution >= 4 is 38.8 Å². The van der Waals surface area contributed by atoms with Crippen LogP contribution in [0.25, 0.3) is 22.0 Å². The number of aromatic amines is 1. The summed E-state index contributed by atoms with van der Waals surface area (Å²) in [6, 6.07) is 17.3. The fourth-order valence-electron chi connectivity index (χ4n) is 3.90. The molecule has 6 nitrogen and oxygen atoms in total. The zero-order chi connectivity index (χ0) is 20.7. The van der Waals surface area contributed by atoms with E-state index in [4.69, 9.17) is 0 Å². The predicted octanol–water partition coefficient (Wildman–Crippen LogP) is 4.56. The molecular weight excluding hydrogens is 444 g/mol. The number of hydrogen-bond acceptors (Lipinski definition) is 4. The number of benzene rings is 3. The van der Waals surface area contributed by atoms with Gasteiger partial charge in [0.25, 0.3) is 5.91 Å². The summed E-state index contributed by atoms with van der Waals surface area (Å²) < 4.78 is 0.802. The Labute approximate surface area is 180 Å². The van der Waals surface area contributed by atoms with E-state index in [1.54, 1.807) is 24.3 Å². The molecule has 1 amide bonds. The lowest BCUT2D eigenvalue weighted by atomic mass is 9.98. The molecule has 0 saturated heterocycles. The number of carbonyl (C=O) groups excluding carboxylic acids is 1. The van der Waals surface area contributed by atoms with E-state index >= 15 is 0 Å². The Balaban J connectivity index is 1.39. The number of amides is 1. The molecule has 0 unspecified atom stereocenters. The lowest BCUT2D eigenvalue weighted by molar-refractivity contribution is 0.0950. The molecule has 0 saturated carbocycles. The quantitative estimate of drug-likeness (QED) is 0.308. The number of phenolic OH excluding ortho intramolecular Hbond substituents is 1. The van der Waals surface area contributed by atoms with Crippen LogP contribution in [0.5, 0.6) is 5.75 Å². The van der Waals surface area contributed by atoms with Crippen LogP contribution in [0.1, 0.15) is 27.2 Å². The van der Waals surface area contributed by atoms with Crippen LogP contribution in [-0.2, 0) is 12.8 Å². The molecule has 30 heavy (non-hydrogen) atoms. The van der Waals surface area contributed by atoms with Gasteiger partial charge in [0.1, 0.15) is 11.4 Å². The molecule has 1 aliphatic rings. The van der Waals surface area contributed by atoms with Crippen molar-refractivity contribution < 1.29 is 9.90 Å². The van der Waals surface area contributed by atoms with Crippen LogP contribution in [0.3, 0.4) is 0 Å². The monoisotopic (exact) mass is 460 g/mol. The highest BCUT2D eigenvalue weighted by molar-refractivity contribution is 9.10. The summed E-state index contributed by atoms with van der Waals surface area (Å²) in [5.74, 6) is -0.336. The number of halogens is 1. The van der Waals surface area contributed by atoms with Crippen LogP contribution >= 0.6 is 15.9 Å². The summed E-state index contributed by atoms with van der Waals surface area (Å²) in [6.45, 7) is 0. The minimum atomic E-state index is -0.412. The van der Waals surface area contributed by atoms with Crippen molar-refractivity contribution in [2.45, 2.75) is 12.8 Å². The van der Waals surface area contributed by atoms with Gasteiger partial charge in [-0.1, -0.05) is 46.3 Å². The number of aryl methyl sites for hydroxylation is 2. The molecule has 0 atom stereocenters. The highest BCUT2D eigenvalue weighted by Crippen LogP contribution is 2.36. The van der Waals surface area contributed by atoms with Crippen molar-refractivity contribution in [2.75, 3.05) is 0 Å². The fourth-order valence-corrected chi connectivity index (χ4v) is 4.27. The number of H-pyrrole nitrogens is 1. The highest BCUT2D eigenvalue weighted by atomic mass is 79.9. The third-order valence-corrected chi connectivity index (χ3v) is 5.83. The van der Waals surface area contributed by atoms with Gasteiger partial charge in [-0.3, -0.25) is 9.89 Å². The minimum absolute atomic E-state index is 0.0760. The first kappa shape index (κ1) is 18.6. The molecule has 1 aliphatic carbocycles. The van der Waals surface area contributed by atoms with Gasteiger partial charge in [-0.15, -0.1) is 0 Å². The van der Waals surface area contributed by atoms with E-state index < -0.39 is 5.91 Å². The molecular formula is C23H17BrN4O2. The van der Waals surface area contributed by atoms with Gasteiger partial charge in [0.05, 0.1) is 11.9 Å². The number of phenols is 1. The van der Waals surface area contributed by atoms with Crippen molar-refractivity contribution in [1.29, 1.82) is 0 Å². The van der Waals surface area contributed by atoms with Crippen LogP contribution in [-0.4, -0.2) is 27.4 Å². The van der Waals surface area contributed by atoms with Crippen molar-refractivity contribution in [3.05, 3.63) is 81.5 Å². The zero-order valence-electron chi connectivity index (χ0n) is 15.8. The van der Waals surface area contributed by atoms with Gasteiger partial charge in [0.2, 0.25) is 0 Å². The van der Waals surface area contributed by atoms with E-state index in [-0.39, 0.29) is 5.75 Å². The molecule has 148 valence electrons. The van der Waals surface area contributed by atoms with Gasteiger partial charge >= 0.3 is 0 Å². The Kier molecular flexibility index (Phi) is 4.59. The number of nitrogens with zero attached hydrogens (tertiary/aromatic N) is 2. The first-order valence-corrected chi connectivity index (χ1v) is 10.3. The molecule has 0 aliphatic heterocycles. The topological polar surface area (TPSA) is 90.4 Å². The van der Waals surface area contributed by atoms with Crippen molar-refractivity contribution in [1.82, 2.24) is 15.6 Å². The number of nitrogens with one attached hydrogen (secondary N) is 2. The van der Waals surface area contributed by atoms with E-state index in [1.165, 1.54) is 22.7 Å². The van der Waals surface area contributed by atoms with E-state index in [9.17, 15) is 9.90 Å². The fraction of sp³-hybridized carbons (Fsp3) is 0.0870. The lowest BCUT2D eigenvalue weighted by Gasteiger charge is -2.06. The van der Waals surface area contributed by atoms with Crippen LogP contribution in [0.15, 0.2) is 64.2 Å². The molecule has 7 heteroatoms. The second-order valence-electron chi connectivity index (χ2n) is 7.18. The zero-order valence-corrected chi connectivity index (χ0v) is 17.4. The maximum atomic E-state index is 12.4. The summed E-state index contributed by atoms with van der Waals surface area (Å²) in [5, 5.41) is 23.4. The number of aromatic nitrogens is 2. The second-order valence-corrected chi connectivity index (χ2v) is 8.10. The van der Waals surface area contributed by atoms with E-state index in [0.29, 0.717) is 17.0 Å². The number of hydrazone groups is 1. The van der Waals surface area contributed by atoms with E-state index in [1.807, 2.05) is 0 Å². The third kappa shape index (κ3) is 3.27. The number of hydrogen-bond donors (Lipinski definition) is 3. The predicted molar refractivity (Wildman–Crippen MR) is 120 cm³/mol. The Morgan fingerprint density at radius 2 is 1.97 bits per heavy atom. The maximum absolute atomic E-state index is 12.4. The van der Waals surface area contributed by atoms with Gasteiger partial charge in [-0.05, 0) is 59.0 Å². The molecule has 1 heterocycles. The molecule has 4 aromatic rings. The molecule has 1 aromatic heterocycles. The molecule has 0 bridgehead atoms. The van der Waals surface area contributed by atoms with Gasteiger partial charge in [-0.25, -0.2) is 5.43 Å². The third-order valence-electron chi connectivity index (χ3n) is 5.33. The van der Waals surface area contributed by atoms with Crippen LogP contribution < -0.4 is 5.43 Å². The number of rotatable bonds is 4. The highest BCUT2D eigenvalue weighted by Gasteiger charge is 2.18. The number of carbonyl (C=O) groups is 1. The molecule has 0 fully saturated rings. The standard InChI is InChI=1S/C23H17BrN4O2/c24-16-7-9-21(29)15(10-16)12-25-28-23(30)20-11-19(26-27-20)17-8-6-14-5-4-13-2-1-3-18(17)22(13)14/h1-3,6-12,29H,4-5H2,(H,26,27)(H,28,30)/b25-12-. The molecule has 0 spiro atoms. The summed E-state index contributed by atoms with van der Waals surface area (Å²) in [7, 11) is 0. The molecule has 5 rings (SSSR count). The Morgan fingerprint density at radius 1 is 1.13 bits per heavy atom. The SMILES string of the molecule is O=C(N/N=C\c1cc(Br)ccc1O)c1cc(-c2ccc3c4c(cccc24)CC3)n[nH]1. The van der Waals surface area contributed by atoms with Gasteiger partial charge < -0.3 is 5.11 Å². The lowest BCUT2D eigenvalue weighted by Crippen LogP contribution is -2.18. The number of aromatic hydroxyl groups is 1. The van der Waals surface area contributed by atoms with Crippen LogP contribution in [0.2, 0.25) is 0 Å². The smallest absolute Gasteiger partial charge is 0.289 e. The maximum Gasteiger partial charge on any atom is 0.289 e. The summed E-state index contributed by atoms with van der Waals surface area (Å²) in [4.78, 5) is 12.4. The molecule has 0 radical (unpaired) electrons.